The van der Waals surface area contributed by atoms with Gasteiger partial charge in [-0.3, -0.25) is 9.48 Å². The number of primary amides is 1. The molecule has 3 rings (SSSR count). The Morgan fingerprint density at radius 1 is 1.36 bits per heavy atom. The summed E-state index contributed by atoms with van der Waals surface area (Å²) >= 11 is 6.31. The summed E-state index contributed by atoms with van der Waals surface area (Å²) in [4.78, 5) is 12.0. The maximum Gasteiger partial charge on any atom is 0.284 e. The fourth-order valence-corrected chi connectivity index (χ4v) is 3.64. The summed E-state index contributed by atoms with van der Waals surface area (Å²) < 4.78 is 33.9. The maximum absolute atomic E-state index is 13.6. The van der Waals surface area contributed by atoms with Gasteiger partial charge in [-0.05, 0) is 54.7 Å². The number of nitrogens with two attached hydrogens (primary N) is 2. The first-order valence-corrected chi connectivity index (χ1v) is 8.87. The van der Waals surface area contributed by atoms with E-state index in [1.807, 2.05) is 6.92 Å². The number of rotatable bonds is 6. The van der Waals surface area contributed by atoms with Crippen molar-refractivity contribution in [2.75, 3.05) is 6.54 Å². The molecule has 0 aliphatic rings. The number of nitrogens with zero attached hydrogens (tertiary/aromatic N) is 2. The number of halogens is 3. The largest absolute Gasteiger partial charge is 0.438 e. The Morgan fingerprint density at radius 3 is 2.61 bits per heavy atom. The van der Waals surface area contributed by atoms with E-state index in [-0.39, 0.29) is 23.9 Å². The molecule has 2 aromatic heterocycles. The van der Waals surface area contributed by atoms with Crippen molar-refractivity contribution in [3.63, 3.8) is 0 Å². The number of aryl methyl sites for hydroxylation is 2. The SMILES string of the molecule is Cc1cnn(C)c1-c1c(Cl)oc(C(N)=O)c1[C@@H](CN)Cc1ccc(F)c(F)c1. The molecule has 1 atom stereocenters. The van der Waals surface area contributed by atoms with Gasteiger partial charge in [0.2, 0.25) is 5.22 Å². The molecule has 6 nitrogen and oxygen atoms in total. The molecule has 3 aromatic rings. The molecule has 1 aromatic carbocycles. The first-order chi connectivity index (χ1) is 13.2. The van der Waals surface area contributed by atoms with Crippen LogP contribution in [0, 0.1) is 18.6 Å². The van der Waals surface area contributed by atoms with Gasteiger partial charge in [0, 0.05) is 18.5 Å². The van der Waals surface area contributed by atoms with E-state index < -0.39 is 23.5 Å². The lowest BCUT2D eigenvalue weighted by Gasteiger charge is -2.17. The molecular formula is C19H19ClF2N4O2. The number of hydrogen-bond donors (Lipinski definition) is 2. The van der Waals surface area contributed by atoms with Gasteiger partial charge in [-0.2, -0.15) is 5.10 Å². The summed E-state index contributed by atoms with van der Waals surface area (Å²) in [5, 5.41) is 4.18. The van der Waals surface area contributed by atoms with Crippen molar-refractivity contribution in [2.45, 2.75) is 19.3 Å². The van der Waals surface area contributed by atoms with Crippen LogP contribution >= 0.6 is 11.6 Å². The van der Waals surface area contributed by atoms with Crippen molar-refractivity contribution in [1.29, 1.82) is 0 Å². The van der Waals surface area contributed by atoms with Crippen molar-refractivity contribution in [1.82, 2.24) is 9.78 Å². The molecule has 0 aliphatic carbocycles. The van der Waals surface area contributed by atoms with E-state index in [9.17, 15) is 13.6 Å². The van der Waals surface area contributed by atoms with E-state index in [0.717, 1.165) is 17.7 Å². The van der Waals surface area contributed by atoms with Crippen LogP contribution in [-0.2, 0) is 13.5 Å². The van der Waals surface area contributed by atoms with Crippen molar-refractivity contribution in [2.24, 2.45) is 18.5 Å². The zero-order chi connectivity index (χ0) is 20.6. The Hall–Kier alpha value is -2.71. The third-order valence-electron chi connectivity index (χ3n) is 4.64. The lowest BCUT2D eigenvalue weighted by molar-refractivity contribution is 0.0972. The molecule has 2 heterocycles. The first kappa shape index (κ1) is 20.0. The summed E-state index contributed by atoms with van der Waals surface area (Å²) in [6, 6.07) is 3.60. The van der Waals surface area contributed by atoms with Crippen LogP contribution in [-0.4, -0.2) is 22.2 Å². The van der Waals surface area contributed by atoms with Crippen molar-refractivity contribution in [3.8, 4) is 11.3 Å². The number of aromatic nitrogens is 2. The lowest BCUT2D eigenvalue weighted by atomic mass is 9.88. The zero-order valence-electron chi connectivity index (χ0n) is 15.3. The number of furan rings is 1. The molecule has 0 radical (unpaired) electrons. The monoisotopic (exact) mass is 408 g/mol. The smallest absolute Gasteiger partial charge is 0.284 e. The van der Waals surface area contributed by atoms with Crippen LogP contribution < -0.4 is 11.5 Å². The van der Waals surface area contributed by atoms with Crippen LogP contribution in [0.2, 0.25) is 5.22 Å². The minimum Gasteiger partial charge on any atom is -0.438 e. The zero-order valence-corrected chi connectivity index (χ0v) is 16.1. The topological polar surface area (TPSA) is 100 Å². The fraction of sp³-hybridized carbons (Fsp3) is 0.263. The van der Waals surface area contributed by atoms with Crippen molar-refractivity contribution in [3.05, 3.63) is 63.7 Å². The summed E-state index contributed by atoms with van der Waals surface area (Å²) in [7, 11) is 1.73. The Morgan fingerprint density at radius 2 is 2.07 bits per heavy atom. The second-order valence-electron chi connectivity index (χ2n) is 6.54. The van der Waals surface area contributed by atoms with Gasteiger partial charge in [0.15, 0.2) is 17.4 Å². The molecule has 4 N–H and O–H groups in total. The second kappa shape index (κ2) is 7.73. The molecule has 0 spiro atoms. The molecule has 0 bridgehead atoms. The standard InChI is InChI=1S/C19H19ClF2N4O2/c1-9-8-25-26(2)16(9)15-14(17(19(24)27)28-18(15)20)11(7-23)5-10-3-4-12(21)13(22)6-10/h3-4,6,8,11H,5,7,23H2,1-2H3,(H2,24,27)/t11-/m1/s1. The van der Waals surface area contributed by atoms with E-state index in [1.54, 1.807) is 17.9 Å². The highest BCUT2D eigenvalue weighted by Gasteiger charge is 2.31. The highest BCUT2D eigenvalue weighted by molar-refractivity contribution is 6.32. The molecule has 1 amide bonds. The number of hydrogen-bond acceptors (Lipinski definition) is 4. The third-order valence-corrected chi connectivity index (χ3v) is 4.91. The highest BCUT2D eigenvalue weighted by atomic mass is 35.5. The van der Waals surface area contributed by atoms with Gasteiger partial charge in [-0.1, -0.05) is 6.07 Å². The average Bonchev–Trinajstić information content (AvgIpc) is 3.15. The summed E-state index contributed by atoms with van der Waals surface area (Å²) in [6.07, 6.45) is 1.88. The Bertz CT molecular complexity index is 1030. The quantitative estimate of drug-likeness (QED) is 0.653. The predicted octanol–water partition coefficient (Wildman–Crippen LogP) is 3.30. The second-order valence-corrected chi connectivity index (χ2v) is 6.89. The molecule has 0 saturated carbocycles. The van der Waals surface area contributed by atoms with Crippen LogP contribution in [0.15, 0.2) is 28.8 Å². The fourth-order valence-electron chi connectivity index (χ4n) is 3.37. The van der Waals surface area contributed by atoms with E-state index in [1.165, 1.54) is 6.07 Å². The minimum atomic E-state index is -0.962. The first-order valence-electron chi connectivity index (χ1n) is 8.49. The minimum absolute atomic E-state index is 0.0146. The number of benzene rings is 1. The number of carbonyl (C=O) groups excluding carboxylic acids is 1. The number of amides is 1. The molecule has 28 heavy (non-hydrogen) atoms. The Kier molecular flexibility index (Phi) is 5.53. The van der Waals surface area contributed by atoms with Gasteiger partial charge in [-0.25, -0.2) is 8.78 Å². The van der Waals surface area contributed by atoms with Gasteiger partial charge in [0.1, 0.15) is 0 Å². The van der Waals surface area contributed by atoms with E-state index in [4.69, 9.17) is 27.5 Å². The normalized spacial score (nSPS) is 12.4. The van der Waals surface area contributed by atoms with Crippen LogP contribution in [0.5, 0.6) is 0 Å². The predicted molar refractivity (Wildman–Crippen MR) is 101 cm³/mol. The van der Waals surface area contributed by atoms with Crippen LogP contribution in [0.3, 0.4) is 0 Å². The van der Waals surface area contributed by atoms with Gasteiger partial charge in [-0.15, -0.1) is 0 Å². The third kappa shape index (κ3) is 3.53. The molecule has 0 saturated heterocycles. The molecule has 0 aliphatic heterocycles. The van der Waals surface area contributed by atoms with Gasteiger partial charge < -0.3 is 15.9 Å². The van der Waals surface area contributed by atoms with Gasteiger partial charge >= 0.3 is 0 Å². The van der Waals surface area contributed by atoms with E-state index >= 15 is 0 Å². The van der Waals surface area contributed by atoms with Crippen LogP contribution in [0.25, 0.3) is 11.3 Å². The van der Waals surface area contributed by atoms with Crippen LogP contribution in [0.1, 0.15) is 33.2 Å². The molecule has 9 heteroatoms. The maximum atomic E-state index is 13.6. The molecule has 0 unspecified atom stereocenters. The summed E-state index contributed by atoms with van der Waals surface area (Å²) in [6.45, 7) is 1.94. The Balaban J connectivity index is 2.17. The number of carbonyl (C=O) groups is 1. The van der Waals surface area contributed by atoms with E-state index in [2.05, 4.69) is 5.10 Å². The molecule has 148 valence electrons. The van der Waals surface area contributed by atoms with Gasteiger partial charge in [0.05, 0.1) is 17.5 Å². The van der Waals surface area contributed by atoms with Crippen molar-refractivity contribution < 1.29 is 18.0 Å². The molecule has 0 fully saturated rings. The highest BCUT2D eigenvalue weighted by Crippen LogP contribution is 2.42. The summed E-state index contributed by atoms with van der Waals surface area (Å²) in [5.41, 5.74) is 14.3. The lowest BCUT2D eigenvalue weighted by Crippen LogP contribution is -2.20. The Labute approximate surface area is 165 Å². The summed E-state index contributed by atoms with van der Waals surface area (Å²) in [5.74, 6) is -3.29. The average molecular weight is 409 g/mol. The molecular weight excluding hydrogens is 390 g/mol. The van der Waals surface area contributed by atoms with Crippen molar-refractivity contribution >= 4 is 17.5 Å². The van der Waals surface area contributed by atoms with E-state index in [0.29, 0.717) is 22.4 Å². The van der Waals surface area contributed by atoms with Crippen LogP contribution in [0.4, 0.5) is 8.78 Å². The van der Waals surface area contributed by atoms with Gasteiger partial charge in [0.25, 0.3) is 5.91 Å².